The average Bonchev–Trinajstić information content (AvgIpc) is 2.63. The molecule has 2 amide bonds. The Morgan fingerprint density at radius 2 is 2.00 bits per heavy atom. The topological polar surface area (TPSA) is 70.7 Å². The van der Waals surface area contributed by atoms with Gasteiger partial charge < -0.3 is 15.4 Å². The highest BCUT2D eigenvalue weighted by Gasteiger charge is 2.30. The Balaban J connectivity index is 1.80. The molecule has 0 spiro atoms. The van der Waals surface area contributed by atoms with Crippen molar-refractivity contribution in [3.8, 4) is 0 Å². The number of amides is 2. The average molecular weight is 361 g/mol. The maximum absolute atomic E-state index is 12.1. The molecule has 6 heteroatoms. The Kier molecular flexibility index (Phi) is 7.91. The van der Waals surface area contributed by atoms with E-state index < -0.39 is 0 Å². The highest BCUT2D eigenvalue weighted by Crippen LogP contribution is 2.20. The van der Waals surface area contributed by atoms with Gasteiger partial charge in [-0.05, 0) is 57.7 Å². The number of esters is 1. The molecule has 2 rings (SSSR count). The van der Waals surface area contributed by atoms with Crippen LogP contribution in [0.5, 0.6) is 0 Å². The lowest BCUT2D eigenvalue weighted by Gasteiger charge is -2.36. The monoisotopic (exact) mass is 361 g/mol. The third-order valence-corrected chi connectivity index (χ3v) is 4.80. The number of ether oxygens (including phenoxy) is 1. The Morgan fingerprint density at radius 1 is 1.27 bits per heavy atom. The van der Waals surface area contributed by atoms with Crippen molar-refractivity contribution in [3.05, 3.63) is 29.8 Å². The van der Waals surface area contributed by atoms with Gasteiger partial charge >= 0.3 is 12.0 Å². The molecule has 0 bridgehead atoms. The van der Waals surface area contributed by atoms with Gasteiger partial charge in [-0.1, -0.05) is 24.6 Å². The number of hydrogen-bond donors (Lipinski definition) is 2. The summed E-state index contributed by atoms with van der Waals surface area (Å²) >= 11 is 0. The van der Waals surface area contributed by atoms with Gasteiger partial charge in [0.1, 0.15) is 6.04 Å². The molecule has 1 fully saturated rings. The highest BCUT2D eigenvalue weighted by molar-refractivity contribution is 5.89. The number of urea groups is 1. The van der Waals surface area contributed by atoms with Gasteiger partial charge in [0.2, 0.25) is 0 Å². The first-order chi connectivity index (χ1) is 12.5. The van der Waals surface area contributed by atoms with Gasteiger partial charge in [-0.25, -0.2) is 4.79 Å². The van der Waals surface area contributed by atoms with Crippen LogP contribution in [0.2, 0.25) is 0 Å². The summed E-state index contributed by atoms with van der Waals surface area (Å²) in [7, 11) is 0. The lowest BCUT2D eigenvalue weighted by atomic mass is 9.96. The van der Waals surface area contributed by atoms with Crippen molar-refractivity contribution < 1.29 is 14.3 Å². The second kappa shape index (κ2) is 10.2. The van der Waals surface area contributed by atoms with E-state index in [9.17, 15) is 9.59 Å². The molecule has 6 nitrogen and oxygen atoms in total. The van der Waals surface area contributed by atoms with E-state index in [0.29, 0.717) is 19.1 Å². The van der Waals surface area contributed by atoms with E-state index in [0.717, 1.165) is 43.6 Å². The zero-order valence-electron chi connectivity index (χ0n) is 16.1. The van der Waals surface area contributed by atoms with E-state index >= 15 is 0 Å². The fraction of sp³-hybridized carbons (Fsp3) is 0.600. The first-order valence-corrected chi connectivity index (χ1v) is 9.55. The molecule has 0 aliphatic carbocycles. The number of nitrogens with zero attached hydrogens (tertiary/aromatic N) is 1. The molecule has 2 unspecified atom stereocenters. The zero-order chi connectivity index (χ0) is 18.9. The van der Waals surface area contributed by atoms with Crippen LogP contribution in [0.15, 0.2) is 24.3 Å². The van der Waals surface area contributed by atoms with Gasteiger partial charge in [0.25, 0.3) is 0 Å². The van der Waals surface area contributed by atoms with Crippen LogP contribution >= 0.6 is 0 Å². The minimum atomic E-state index is -0.191. The van der Waals surface area contributed by atoms with Crippen molar-refractivity contribution in [2.45, 2.75) is 46.1 Å². The molecule has 0 saturated carbocycles. The molecule has 144 valence electrons. The van der Waals surface area contributed by atoms with Gasteiger partial charge in [0.15, 0.2) is 0 Å². The number of anilines is 1. The summed E-state index contributed by atoms with van der Waals surface area (Å²) in [6.45, 7) is 8.59. The van der Waals surface area contributed by atoms with Crippen LogP contribution in [0.4, 0.5) is 10.5 Å². The van der Waals surface area contributed by atoms with Gasteiger partial charge in [-0.3, -0.25) is 9.69 Å². The van der Waals surface area contributed by atoms with Crippen LogP contribution < -0.4 is 10.6 Å². The molecule has 1 aromatic rings. The standard InChI is InChI=1S/C20H31N3O3/c1-4-18(19(24)26-5-2)23-12-6-7-16(14-23)13-21-20(25)22-17-10-8-15(3)9-11-17/h8-11,16,18H,4-7,12-14H2,1-3H3,(H2,21,22,25). The van der Waals surface area contributed by atoms with E-state index in [1.54, 1.807) is 0 Å². The van der Waals surface area contributed by atoms with E-state index in [1.165, 1.54) is 0 Å². The largest absolute Gasteiger partial charge is 0.465 e. The fourth-order valence-corrected chi connectivity index (χ4v) is 3.41. The number of carbonyl (C=O) groups excluding carboxylic acids is 2. The lowest BCUT2D eigenvalue weighted by molar-refractivity contribution is -0.150. The maximum Gasteiger partial charge on any atom is 0.323 e. The second-order valence-electron chi connectivity index (χ2n) is 6.88. The third kappa shape index (κ3) is 6.02. The predicted octanol–water partition coefficient (Wildman–Crippen LogP) is 3.17. The number of likely N-dealkylation sites (tertiary alicyclic amines) is 1. The Labute approximate surface area is 156 Å². The minimum absolute atomic E-state index is 0.138. The van der Waals surface area contributed by atoms with Gasteiger partial charge in [-0.2, -0.15) is 0 Å². The third-order valence-electron chi connectivity index (χ3n) is 4.80. The highest BCUT2D eigenvalue weighted by atomic mass is 16.5. The predicted molar refractivity (Wildman–Crippen MR) is 103 cm³/mol. The molecule has 0 radical (unpaired) electrons. The number of benzene rings is 1. The number of nitrogens with one attached hydrogen (secondary N) is 2. The Hall–Kier alpha value is -2.08. The van der Waals surface area contributed by atoms with E-state index in [4.69, 9.17) is 4.74 Å². The first-order valence-electron chi connectivity index (χ1n) is 9.55. The van der Waals surface area contributed by atoms with Gasteiger partial charge in [-0.15, -0.1) is 0 Å². The SMILES string of the molecule is CCOC(=O)C(CC)N1CCCC(CNC(=O)Nc2ccc(C)cc2)C1. The van der Waals surface area contributed by atoms with Crippen molar-refractivity contribution >= 4 is 17.7 Å². The fourth-order valence-electron chi connectivity index (χ4n) is 3.41. The Bertz CT molecular complexity index is 588. The number of carbonyl (C=O) groups is 2. The molecule has 1 heterocycles. The van der Waals surface area contributed by atoms with E-state index in [2.05, 4.69) is 15.5 Å². The van der Waals surface area contributed by atoms with Crippen LogP contribution in [-0.2, 0) is 9.53 Å². The number of aryl methyl sites for hydroxylation is 1. The molecule has 26 heavy (non-hydrogen) atoms. The summed E-state index contributed by atoms with van der Waals surface area (Å²) in [4.78, 5) is 26.4. The van der Waals surface area contributed by atoms with Crippen molar-refractivity contribution in [2.75, 3.05) is 31.6 Å². The zero-order valence-corrected chi connectivity index (χ0v) is 16.1. The summed E-state index contributed by atoms with van der Waals surface area (Å²) in [5.41, 5.74) is 1.94. The molecular weight excluding hydrogens is 330 g/mol. The minimum Gasteiger partial charge on any atom is -0.465 e. The summed E-state index contributed by atoms with van der Waals surface area (Å²) in [5, 5.41) is 5.81. The molecule has 2 N–H and O–H groups in total. The van der Waals surface area contributed by atoms with Crippen LogP contribution in [0.3, 0.4) is 0 Å². The quantitative estimate of drug-likeness (QED) is 0.732. The number of piperidine rings is 1. The van der Waals surface area contributed by atoms with Crippen LogP contribution in [-0.4, -0.2) is 49.2 Å². The van der Waals surface area contributed by atoms with Crippen molar-refractivity contribution in [1.82, 2.24) is 10.2 Å². The van der Waals surface area contributed by atoms with Crippen LogP contribution in [0.25, 0.3) is 0 Å². The normalized spacial score (nSPS) is 18.8. The van der Waals surface area contributed by atoms with Gasteiger partial charge in [0, 0.05) is 18.8 Å². The smallest absolute Gasteiger partial charge is 0.323 e. The van der Waals surface area contributed by atoms with Crippen LogP contribution in [0.1, 0.15) is 38.7 Å². The van der Waals surface area contributed by atoms with Crippen molar-refractivity contribution in [1.29, 1.82) is 0 Å². The van der Waals surface area contributed by atoms with Gasteiger partial charge in [0.05, 0.1) is 6.61 Å². The summed E-state index contributed by atoms with van der Waals surface area (Å²) in [6.07, 6.45) is 2.83. The molecular formula is C20H31N3O3. The molecule has 1 aliphatic rings. The van der Waals surface area contributed by atoms with Crippen molar-refractivity contribution in [3.63, 3.8) is 0 Å². The lowest BCUT2D eigenvalue weighted by Crippen LogP contribution is -2.49. The number of hydrogen-bond acceptors (Lipinski definition) is 4. The molecule has 2 atom stereocenters. The van der Waals surface area contributed by atoms with E-state index in [1.807, 2.05) is 45.0 Å². The second-order valence-corrected chi connectivity index (χ2v) is 6.88. The Morgan fingerprint density at radius 3 is 2.65 bits per heavy atom. The molecule has 1 saturated heterocycles. The molecule has 0 aromatic heterocycles. The summed E-state index contributed by atoms with van der Waals surface area (Å²) < 4.78 is 5.20. The summed E-state index contributed by atoms with van der Waals surface area (Å²) in [6, 6.07) is 7.34. The maximum atomic E-state index is 12.1. The molecule has 1 aromatic carbocycles. The van der Waals surface area contributed by atoms with Crippen LogP contribution in [0, 0.1) is 12.8 Å². The number of rotatable bonds is 7. The first kappa shape index (κ1) is 20.2. The summed E-state index contributed by atoms with van der Waals surface area (Å²) in [5.74, 6) is 0.205. The van der Waals surface area contributed by atoms with E-state index in [-0.39, 0.29) is 18.0 Å². The molecule has 1 aliphatic heterocycles. The van der Waals surface area contributed by atoms with Crippen molar-refractivity contribution in [2.24, 2.45) is 5.92 Å².